The number of anilines is 1. The largest absolute Gasteiger partial charge is 0.497 e. The van der Waals surface area contributed by atoms with Crippen LogP contribution in [0.1, 0.15) is 17.2 Å². The van der Waals surface area contributed by atoms with Crippen LogP contribution >= 0.6 is 0 Å². The maximum Gasteiger partial charge on any atom is 0.249 e. The van der Waals surface area contributed by atoms with E-state index in [9.17, 15) is 9.59 Å². The number of ether oxygens (including phenoxy) is 4. The van der Waals surface area contributed by atoms with E-state index < -0.39 is 17.9 Å². The number of hydrogen-bond donors (Lipinski definition) is 1. The van der Waals surface area contributed by atoms with Gasteiger partial charge >= 0.3 is 0 Å². The molecule has 44 heavy (non-hydrogen) atoms. The molecule has 0 spiro atoms. The summed E-state index contributed by atoms with van der Waals surface area (Å²) < 4.78 is 23.6. The molecule has 0 radical (unpaired) electrons. The summed E-state index contributed by atoms with van der Waals surface area (Å²) in [5.74, 6) is 0.814. The number of para-hydroxylation sites is 1. The summed E-state index contributed by atoms with van der Waals surface area (Å²) in [6.07, 6.45) is 0. The van der Waals surface area contributed by atoms with Gasteiger partial charge in [-0.1, -0.05) is 47.7 Å². The van der Waals surface area contributed by atoms with Crippen LogP contribution < -0.4 is 29.2 Å². The molecule has 5 rings (SSSR count). The van der Waals surface area contributed by atoms with Gasteiger partial charge in [0.05, 0.1) is 34.0 Å². The topological polar surface area (TPSA) is 117 Å². The van der Waals surface area contributed by atoms with E-state index in [2.05, 4.69) is 15.6 Å². The smallest absolute Gasteiger partial charge is 0.249 e. The fourth-order valence-electron chi connectivity index (χ4n) is 4.98. The molecule has 0 bridgehead atoms. The van der Waals surface area contributed by atoms with Gasteiger partial charge in [-0.15, -0.1) is 5.10 Å². The molecule has 11 nitrogen and oxygen atoms in total. The average Bonchev–Trinajstić information content (AvgIpc) is 3.48. The zero-order valence-electron chi connectivity index (χ0n) is 24.9. The van der Waals surface area contributed by atoms with Gasteiger partial charge in [0.1, 0.15) is 23.9 Å². The predicted octanol–water partition coefficient (Wildman–Crippen LogP) is 4.56. The summed E-state index contributed by atoms with van der Waals surface area (Å²) in [6.45, 7) is 0.0678. The number of rotatable bonds is 12. The number of amides is 2. The number of nitrogens with one attached hydrogen (secondary N) is 1. The predicted molar refractivity (Wildman–Crippen MR) is 165 cm³/mol. The molecule has 0 fully saturated rings. The molecule has 226 valence electrons. The molecule has 2 amide bonds. The van der Waals surface area contributed by atoms with Crippen molar-refractivity contribution in [3.05, 3.63) is 102 Å². The van der Waals surface area contributed by atoms with E-state index in [1.165, 1.54) is 30.9 Å². The third kappa shape index (κ3) is 6.26. The molecule has 0 aliphatic rings. The average molecular weight is 596 g/mol. The lowest BCUT2D eigenvalue weighted by molar-refractivity contribution is -0.127. The number of nitrogens with zero attached hydrogens (tertiary/aromatic N) is 4. The van der Waals surface area contributed by atoms with E-state index in [0.717, 1.165) is 5.56 Å². The SMILES string of the molecule is COc1ccc(N(C(=O)Cn2nnc3ccccc32)[C@@H](C(=O)NCc2ccccc2)c2cc(OC)c(OC)c(OC)c2)cc1. The van der Waals surface area contributed by atoms with Gasteiger partial charge in [-0.2, -0.15) is 0 Å². The van der Waals surface area contributed by atoms with E-state index in [1.54, 1.807) is 43.5 Å². The minimum Gasteiger partial charge on any atom is -0.497 e. The van der Waals surface area contributed by atoms with Gasteiger partial charge in [-0.25, -0.2) is 4.68 Å². The Kier molecular flexibility index (Phi) is 9.24. The molecular formula is C33H33N5O6. The van der Waals surface area contributed by atoms with Crippen LogP contribution in [-0.2, 0) is 22.7 Å². The lowest BCUT2D eigenvalue weighted by Gasteiger charge is -2.32. The van der Waals surface area contributed by atoms with Crippen molar-refractivity contribution in [2.24, 2.45) is 0 Å². The quantitative estimate of drug-likeness (QED) is 0.223. The van der Waals surface area contributed by atoms with Crippen molar-refractivity contribution in [2.75, 3.05) is 33.3 Å². The Morgan fingerprint density at radius 1 is 0.818 bits per heavy atom. The van der Waals surface area contributed by atoms with E-state index in [-0.39, 0.29) is 13.1 Å². The highest BCUT2D eigenvalue weighted by Gasteiger charge is 2.35. The number of fused-ring (bicyclic) bond motifs is 1. The van der Waals surface area contributed by atoms with Gasteiger partial charge < -0.3 is 24.3 Å². The van der Waals surface area contributed by atoms with Crippen molar-refractivity contribution in [3.63, 3.8) is 0 Å². The normalized spacial score (nSPS) is 11.5. The highest BCUT2D eigenvalue weighted by atomic mass is 16.5. The lowest BCUT2D eigenvalue weighted by Crippen LogP contribution is -2.45. The van der Waals surface area contributed by atoms with Crippen molar-refractivity contribution in [3.8, 4) is 23.0 Å². The first kappa shape index (κ1) is 29.9. The molecule has 1 atom stereocenters. The minimum absolute atomic E-state index is 0.181. The van der Waals surface area contributed by atoms with Crippen molar-refractivity contribution in [2.45, 2.75) is 19.1 Å². The van der Waals surface area contributed by atoms with Crippen LogP contribution in [0.4, 0.5) is 5.69 Å². The lowest BCUT2D eigenvalue weighted by atomic mass is 10.0. The molecule has 0 saturated carbocycles. The number of methoxy groups -OCH3 is 4. The van der Waals surface area contributed by atoms with Crippen molar-refractivity contribution < 1.29 is 28.5 Å². The molecule has 0 aliphatic carbocycles. The van der Waals surface area contributed by atoms with Gasteiger partial charge in [-0.3, -0.25) is 14.5 Å². The second-order valence-corrected chi connectivity index (χ2v) is 9.76. The molecule has 4 aromatic carbocycles. The summed E-state index contributed by atoms with van der Waals surface area (Å²) in [5, 5.41) is 11.4. The second kappa shape index (κ2) is 13.6. The molecular weight excluding hydrogens is 562 g/mol. The highest BCUT2D eigenvalue weighted by Crippen LogP contribution is 2.42. The van der Waals surface area contributed by atoms with Crippen LogP contribution in [0.2, 0.25) is 0 Å². The number of aromatic nitrogens is 3. The van der Waals surface area contributed by atoms with Gasteiger partial charge in [-0.05, 0) is 59.7 Å². The molecule has 5 aromatic rings. The van der Waals surface area contributed by atoms with E-state index in [1.807, 2.05) is 54.6 Å². The summed E-state index contributed by atoms with van der Waals surface area (Å²) in [4.78, 5) is 30.1. The monoisotopic (exact) mass is 595 g/mol. The van der Waals surface area contributed by atoms with Gasteiger partial charge in [0.2, 0.25) is 17.6 Å². The third-order valence-electron chi connectivity index (χ3n) is 7.14. The van der Waals surface area contributed by atoms with Crippen molar-refractivity contribution >= 4 is 28.5 Å². The molecule has 1 heterocycles. The number of carbonyl (C=O) groups excluding carboxylic acids is 2. The first-order valence-corrected chi connectivity index (χ1v) is 13.8. The minimum atomic E-state index is -1.15. The van der Waals surface area contributed by atoms with E-state index in [4.69, 9.17) is 18.9 Å². The van der Waals surface area contributed by atoms with Crippen LogP contribution in [0.5, 0.6) is 23.0 Å². The first-order valence-electron chi connectivity index (χ1n) is 13.8. The fraction of sp³-hybridized carbons (Fsp3) is 0.212. The zero-order chi connectivity index (χ0) is 31.1. The van der Waals surface area contributed by atoms with Crippen molar-refractivity contribution in [1.29, 1.82) is 0 Å². The van der Waals surface area contributed by atoms with Crippen LogP contribution in [0.3, 0.4) is 0 Å². The standard InChI is InChI=1S/C33H33N5O6/c1-41-25-16-14-24(15-17-25)38(30(39)21-37-27-13-9-8-12-26(27)35-36-37)31(33(40)34-20-22-10-6-5-7-11-22)23-18-28(42-2)32(44-4)29(19-23)43-3/h5-19,31H,20-21H2,1-4H3,(H,34,40)/t31-/m1/s1. The Morgan fingerprint density at radius 2 is 1.48 bits per heavy atom. The van der Waals surface area contributed by atoms with Gasteiger partial charge in [0.25, 0.3) is 0 Å². The Morgan fingerprint density at radius 3 is 2.11 bits per heavy atom. The summed E-state index contributed by atoms with van der Waals surface area (Å²) >= 11 is 0. The van der Waals surface area contributed by atoms with Crippen LogP contribution in [0.15, 0.2) is 91.0 Å². The number of benzene rings is 4. The molecule has 0 unspecified atom stereocenters. The second-order valence-electron chi connectivity index (χ2n) is 9.76. The Hall–Kier alpha value is -5.58. The fourth-order valence-corrected chi connectivity index (χ4v) is 4.98. The van der Waals surface area contributed by atoms with Crippen LogP contribution in [0.25, 0.3) is 11.0 Å². The summed E-state index contributed by atoms with van der Waals surface area (Å²) in [6, 6.07) is 26.0. The Bertz CT molecular complexity index is 1710. The van der Waals surface area contributed by atoms with Crippen LogP contribution in [0, 0.1) is 0 Å². The van der Waals surface area contributed by atoms with E-state index >= 15 is 0 Å². The summed E-state index contributed by atoms with van der Waals surface area (Å²) in [7, 11) is 6.05. The molecule has 1 aromatic heterocycles. The molecule has 1 N–H and O–H groups in total. The van der Waals surface area contributed by atoms with Crippen LogP contribution in [-0.4, -0.2) is 55.2 Å². The van der Waals surface area contributed by atoms with E-state index in [0.29, 0.717) is 45.3 Å². The zero-order valence-corrected chi connectivity index (χ0v) is 24.9. The number of carbonyl (C=O) groups is 2. The van der Waals surface area contributed by atoms with Gasteiger partial charge in [0.15, 0.2) is 11.5 Å². The molecule has 0 aliphatic heterocycles. The van der Waals surface area contributed by atoms with Crippen molar-refractivity contribution in [1.82, 2.24) is 20.3 Å². The Labute approximate surface area is 254 Å². The van der Waals surface area contributed by atoms with Gasteiger partial charge in [0, 0.05) is 12.2 Å². The highest BCUT2D eigenvalue weighted by molar-refractivity contribution is 6.01. The third-order valence-corrected chi connectivity index (χ3v) is 7.14. The maximum atomic E-state index is 14.4. The number of hydrogen-bond acceptors (Lipinski definition) is 8. The maximum absolute atomic E-state index is 14.4. The summed E-state index contributed by atoms with van der Waals surface area (Å²) in [5.41, 5.74) is 3.15. The first-order chi connectivity index (χ1) is 21.5. The molecule has 11 heteroatoms. The Balaban J connectivity index is 1.64. The molecule has 0 saturated heterocycles.